The van der Waals surface area contributed by atoms with Crippen molar-refractivity contribution in [3.63, 3.8) is 0 Å². The molecule has 0 unspecified atom stereocenters. The molecule has 0 aliphatic rings. The van der Waals surface area contributed by atoms with E-state index in [1.165, 1.54) is 8.61 Å². The average molecular weight is 321 g/mol. The summed E-state index contributed by atoms with van der Waals surface area (Å²) < 4.78 is 26.8. The lowest BCUT2D eigenvalue weighted by Gasteiger charge is -2.24. The molecule has 0 aliphatic heterocycles. The zero-order chi connectivity index (χ0) is 12.9. The number of hydrogen-bond donors (Lipinski definition) is 0. The molecule has 1 aromatic carbocycles. The van der Waals surface area contributed by atoms with Crippen LogP contribution in [-0.2, 0) is 16.8 Å². The molecule has 0 N–H and O–H groups in total. The molecule has 0 saturated carbocycles. The van der Waals surface area contributed by atoms with Crippen molar-refractivity contribution in [3.05, 3.63) is 35.9 Å². The van der Waals surface area contributed by atoms with Crippen LogP contribution < -0.4 is 0 Å². The molecule has 0 spiro atoms. The van der Waals surface area contributed by atoms with Gasteiger partial charge in [-0.3, -0.25) is 0 Å². The maximum atomic E-state index is 12.1. The van der Waals surface area contributed by atoms with Crippen molar-refractivity contribution in [1.29, 1.82) is 0 Å². The van der Waals surface area contributed by atoms with Crippen LogP contribution in [0.2, 0.25) is 0 Å². The van der Waals surface area contributed by atoms with Crippen LogP contribution in [0.3, 0.4) is 0 Å². The minimum atomic E-state index is -3.36. The van der Waals surface area contributed by atoms with E-state index in [2.05, 4.69) is 15.9 Å². The van der Waals surface area contributed by atoms with E-state index < -0.39 is 10.2 Å². The molecule has 0 bridgehead atoms. The molecule has 96 valence electrons. The summed E-state index contributed by atoms with van der Waals surface area (Å²) >= 11 is 3.28. The van der Waals surface area contributed by atoms with Gasteiger partial charge in [0.15, 0.2) is 0 Å². The molecular weight excluding hydrogens is 304 g/mol. The van der Waals surface area contributed by atoms with Gasteiger partial charge in [0.1, 0.15) is 0 Å². The van der Waals surface area contributed by atoms with Gasteiger partial charge in [0.2, 0.25) is 0 Å². The summed E-state index contributed by atoms with van der Waals surface area (Å²) in [6.45, 7) is 0.850. The lowest BCUT2D eigenvalue weighted by molar-refractivity contribution is 0.385. The molecule has 0 amide bonds. The van der Waals surface area contributed by atoms with Gasteiger partial charge in [0, 0.05) is 32.5 Å². The van der Waals surface area contributed by atoms with Gasteiger partial charge < -0.3 is 0 Å². The number of alkyl halides is 1. The summed E-state index contributed by atoms with van der Waals surface area (Å²) in [5.74, 6) is 0. The van der Waals surface area contributed by atoms with Crippen LogP contribution in [0.25, 0.3) is 0 Å². The fourth-order valence-electron chi connectivity index (χ4n) is 1.39. The van der Waals surface area contributed by atoms with Crippen molar-refractivity contribution >= 4 is 26.1 Å². The lowest BCUT2D eigenvalue weighted by Crippen LogP contribution is -2.40. The third-order valence-corrected chi connectivity index (χ3v) is 4.57. The minimum absolute atomic E-state index is 0.396. The first-order chi connectivity index (χ1) is 7.98. The number of nitrogens with zero attached hydrogens (tertiary/aromatic N) is 2. The van der Waals surface area contributed by atoms with Crippen LogP contribution in [0.5, 0.6) is 0 Å². The van der Waals surface area contributed by atoms with Gasteiger partial charge in [-0.2, -0.15) is 17.0 Å². The second-order valence-electron chi connectivity index (χ2n) is 3.80. The van der Waals surface area contributed by atoms with E-state index in [0.717, 1.165) is 5.56 Å². The molecule has 0 atom stereocenters. The largest absolute Gasteiger partial charge is 0.281 e. The number of halogens is 1. The van der Waals surface area contributed by atoms with Crippen LogP contribution in [0.4, 0.5) is 0 Å². The van der Waals surface area contributed by atoms with Gasteiger partial charge in [-0.15, -0.1) is 0 Å². The molecule has 17 heavy (non-hydrogen) atoms. The summed E-state index contributed by atoms with van der Waals surface area (Å²) in [7, 11) is -0.276. The van der Waals surface area contributed by atoms with Gasteiger partial charge in [-0.25, -0.2) is 0 Å². The third kappa shape index (κ3) is 4.06. The molecule has 0 heterocycles. The topological polar surface area (TPSA) is 40.6 Å². The van der Waals surface area contributed by atoms with Crippen LogP contribution in [0, 0.1) is 0 Å². The molecular formula is C11H17BrN2O2S. The van der Waals surface area contributed by atoms with E-state index in [4.69, 9.17) is 0 Å². The van der Waals surface area contributed by atoms with Crippen LogP contribution >= 0.6 is 15.9 Å². The van der Waals surface area contributed by atoms with Gasteiger partial charge in [0.25, 0.3) is 10.2 Å². The van der Waals surface area contributed by atoms with Crippen molar-refractivity contribution in [3.8, 4) is 0 Å². The molecule has 0 aliphatic carbocycles. The van der Waals surface area contributed by atoms with Crippen molar-refractivity contribution in [2.24, 2.45) is 0 Å². The average Bonchev–Trinajstić information content (AvgIpc) is 2.29. The monoisotopic (exact) mass is 320 g/mol. The molecule has 4 nitrogen and oxygen atoms in total. The Bertz CT molecular complexity index is 434. The van der Waals surface area contributed by atoms with Gasteiger partial charge >= 0.3 is 0 Å². The van der Waals surface area contributed by atoms with E-state index in [1.807, 2.05) is 30.3 Å². The van der Waals surface area contributed by atoms with Crippen LogP contribution in [0.1, 0.15) is 5.56 Å². The summed E-state index contributed by atoms with van der Waals surface area (Å²) in [6, 6.07) is 9.57. The van der Waals surface area contributed by atoms with Crippen LogP contribution in [-0.4, -0.2) is 43.0 Å². The molecule has 0 saturated heterocycles. The van der Waals surface area contributed by atoms with E-state index in [1.54, 1.807) is 14.1 Å². The summed E-state index contributed by atoms with van der Waals surface area (Å²) in [5.41, 5.74) is 0.985. The SMILES string of the molecule is CN(C)S(=O)(=O)N(CCBr)Cc1ccccc1. The van der Waals surface area contributed by atoms with E-state index >= 15 is 0 Å². The number of hydrogen-bond acceptors (Lipinski definition) is 2. The van der Waals surface area contributed by atoms with Crippen molar-refractivity contribution in [1.82, 2.24) is 8.61 Å². The molecule has 1 aromatic rings. The van der Waals surface area contributed by atoms with Gasteiger partial charge in [-0.1, -0.05) is 46.3 Å². The maximum absolute atomic E-state index is 12.1. The lowest BCUT2D eigenvalue weighted by atomic mass is 10.2. The Hall–Kier alpha value is -0.430. The van der Waals surface area contributed by atoms with Crippen molar-refractivity contribution in [2.75, 3.05) is 26.0 Å². The molecule has 0 fully saturated rings. The predicted octanol–water partition coefficient (Wildman–Crippen LogP) is 1.69. The molecule has 0 radical (unpaired) electrons. The van der Waals surface area contributed by atoms with Crippen LogP contribution in [0.15, 0.2) is 30.3 Å². The Kier molecular flexibility index (Phi) is 5.58. The second-order valence-corrected chi connectivity index (χ2v) is 6.73. The Morgan fingerprint density at radius 2 is 1.76 bits per heavy atom. The molecule has 1 rings (SSSR count). The fraction of sp³-hybridized carbons (Fsp3) is 0.455. The fourth-order valence-corrected chi connectivity index (χ4v) is 3.15. The highest BCUT2D eigenvalue weighted by atomic mass is 79.9. The standard InChI is InChI=1S/C11H17BrN2O2S/c1-13(2)17(15,16)14(9-8-12)10-11-6-4-3-5-7-11/h3-7H,8-10H2,1-2H3. The highest BCUT2D eigenvalue weighted by Gasteiger charge is 2.23. The number of benzene rings is 1. The van der Waals surface area contributed by atoms with E-state index in [0.29, 0.717) is 18.4 Å². The van der Waals surface area contributed by atoms with Gasteiger partial charge in [0.05, 0.1) is 0 Å². The molecule has 0 aromatic heterocycles. The zero-order valence-corrected chi connectivity index (χ0v) is 12.4. The maximum Gasteiger partial charge on any atom is 0.281 e. The summed E-state index contributed by atoms with van der Waals surface area (Å²) in [6.07, 6.45) is 0. The highest BCUT2D eigenvalue weighted by Crippen LogP contribution is 2.11. The minimum Gasteiger partial charge on any atom is -0.195 e. The summed E-state index contributed by atoms with van der Waals surface area (Å²) in [4.78, 5) is 0. The van der Waals surface area contributed by atoms with Crippen molar-refractivity contribution in [2.45, 2.75) is 6.54 Å². The molecule has 6 heteroatoms. The first-order valence-corrected chi connectivity index (χ1v) is 7.78. The zero-order valence-electron chi connectivity index (χ0n) is 10.0. The number of rotatable bonds is 6. The van der Waals surface area contributed by atoms with E-state index in [9.17, 15) is 8.42 Å². The first kappa shape index (κ1) is 14.6. The van der Waals surface area contributed by atoms with Crippen molar-refractivity contribution < 1.29 is 8.42 Å². The predicted molar refractivity (Wildman–Crippen MR) is 73.3 cm³/mol. The third-order valence-electron chi connectivity index (χ3n) is 2.32. The Morgan fingerprint density at radius 3 is 2.24 bits per heavy atom. The Balaban J connectivity index is 2.88. The smallest absolute Gasteiger partial charge is 0.195 e. The van der Waals surface area contributed by atoms with E-state index in [-0.39, 0.29) is 0 Å². The Labute approximate surface area is 112 Å². The normalized spacial score (nSPS) is 12.3. The first-order valence-electron chi connectivity index (χ1n) is 5.26. The summed E-state index contributed by atoms with van der Waals surface area (Å²) in [5, 5.41) is 0.618. The second kappa shape index (κ2) is 6.49. The van der Waals surface area contributed by atoms with Gasteiger partial charge in [-0.05, 0) is 5.56 Å². The highest BCUT2D eigenvalue weighted by molar-refractivity contribution is 9.09. The Morgan fingerprint density at radius 1 is 1.18 bits per heavy atom. The quantitative estimate of drug-likeness (QED) is 0.748.